The molecular formula is C50H36O2. The molecule has 52 heavy (non-hydrogen) atoms. The number of aromatic hydroxyl groups is 2. The first-order valence-corrected chi connectivity index (χ1v) is 17.8. The van der Waals surface area contributed by atoms with E-state index < -0.39 is 5.41 Å². The van der Waals surface area contributed by atoms with Crippen molar-refractivity contribution in [2.45, 2.75) is 11.8 Å². The van der Waals surface area contributed by atoms with Crippen LogP contribution < -0.4 is 0 Å². The molecule has 0 aliphatic heterocycles. The van der Waals surface area contributed by atoms with E-state index in [-0.39, 0.29) is 11.5 Å². The van der Waals surface area contributed by atoms with Gasteiger partial charge in [-0.15, -0.1) is 0 Å². The average Bonchev–Trinajstić information content (AvgIpc) is 3.21. The molecule has 0 fully saturated rings. The molecule has 0 spiro atoms. The van der Waals surface area contributed by atoms with Crippen LogP contribution in [0.5, 0.6) is 11.5 Å². The van der Waals surface area contributed by atoms with Crippen molar-refractivity contribution in [1.82, 2.24) is 0 Å². The van der Waals surface area contributed by atoms with E-state index in [9.17, 15) is 10.2 Å². The minimum Gasteiger partial charge on any atom is -0.507 e. The molecule has 0 saturated heterocycles. The third-order valence-electron chi connectivity index (χ3n) is 10.6. The van der Waals surface area contributed by atoms with E-state index in [0.29, 0.717) is 0 Å². The highest BCUT2D eigenvalue weighted by molar-refractivity contribution is 5.88. The van der Waals surface area contributed by atoms with Gasteiger partial charge in [-0.25, -0.2) is 0 Å². The van der Waals surface area contributed by atoms with E-state index in [0.717, 1.165) is 62.1 Å². The Bertz CT molecular complexity index is 2240. The second-order valence-electron chi connectivity index (χ2n) is 13.5. The maximum Gasteiger partial charge on any atom is 0.131 e. The summed E-state index contributed by atoms with van der Waals surface area (Å²) in [5.41, 5.74) is 12.9. The van der Waals surface area contributed by atoms with E-state index in [4.69, 9.17) is 0 Å². The first-order valence-electron chi connectivity index (χ1n) is 17.8. The van der Waals surface area contributed by atoms with E-state index in [1.807, 2.05) is 72.8 Å². The number of phenols is 2. The number of benzene rings is 8. The third-order valence-corrected chi connectivity index (χ3v) is 10.6. The molecule has 0 unspecified atom stereocenters. The van der Waals surface area contributed by atoms with Crippen molar-refractivity contribution < 1.29 is 10.2 Å². The summed E-state index contributed by atoms with van der Waals surface area (Å²) in [6, 6.07) is 66.9. The normalized spacial score (nSPS) is 12.8. The summed E-state index contributed by atoms with van der Waals surface area (Å²) in [6.45, 7) is 0. The standard InChI is InChI=1S/C50H36O2/c51-48-42(34-17-5-1-6-18-34)30-40(31-43(48)35-19-7-2-8-20-35)50(46-27-15-13-25-38(46)29-39-26-14-16-28-47(39)50)41-32-44(36-21-9-3-10-22-36)49(52)45(33-41)37-23-11-4-12-24-37/h1-28,30-33,51-52H,29H2. The molecule has 2 heteroatoms. The highest BCUT2D eigenvalue weighted by atomic mass is 16.3. The van der Waals surface area contributed by atoms with E-state index >= 15 is 0 Å². The predicted octanol–water partition coefficient (Wildman–Crippen LogP) is 12.1. The van der Waals surface area contributed by atoms with Crippen LogP contribution in [-0.2, 0) is 11.8 Å². The fourth-order valence-electron chi connectivity index (χ4n) is 8.27. The van der Waals surface area contributed by atoms with Crippen molar-refractivity contribution in [3.8, 4) is 56.0 Å². The van der Waals surface area contributed by atoms with Crippen molar-refractivity contribution in [1.29, 1.82) is 0 Å². The van der Waals surface area contributed by atoms with Gasteiger partial charge >= 0.3 is 0 Å². The molecule has 2 N–H and O–H groups in total. The first-order chi connectivity index (χ1) is 25.6. The number of rotatable bonds is 6. The molecule has 248 valence electrons. The van der Waals surface area contributed by atoms with Crippen LogP contribution in [0, 0.1) is 0 Å². The molecule has 0 amide bonds. The zero-order chi connectivity index (χ0) is 35.1. The van der Waals surface area contributed by atoms with Gasteiger partial charge < -0.3 is 10.2 Å². The maximum atomic E-state index is 12.2. The summed E-state index contributed by atoms with van der Waals surface area (Å²) in [7, 11) is 0. The van der Waals surface area contributed by atoms with Crippen molar-refractivity contribution in [2.75, 3.05) is 0 Å². The van der Waals surface area contributed by atoms with Crippen LogP contribution in [0.1, 0.15) is 33.4 Å². The Morgan fingerprint density at radius 2 is 0.596 bits per heavy atom. The van der Waals surface area contributed by atoms with Gasteiger partial charge in [0.1, 0.15) is 11.5 Å². The van der Waals surface area contributed by atoms with Crippen LogP contribution in [0.3, 0.4) is 0 Å². The lowest BCUT2D eigenvalue weighted by atomic mass is 9.59. The molecule has 0 heterocycles. The third kappa shape index (κ3) is 5.11. The zero-order valence-electron chi connectivity index (χ0n) is 28.6. The maximum absolute atomic E-state index is 12.2. The lowest BCUT2D eigenvalue weighted by Crippen LogP contribution is -2.36. The molecule has 0 aromatic heterocycles. The zero-order valence-corrected chi connectivity index (χ0v) is 28.6. The van der Waals surface area contributed by atoms with Crippen LogP contribution >= 0.6 is 0 Å². The molecule has 0 bridgehead atoms. The molecule has 2 nitrogen and oxygen atoms in total. The monoisotopic (exact) mass is 668 g/mol. The highest BCUT2D eigenvalue weighted by Crippen LogP contribution is 2.55. The lowest BCUT2D eigenvalue weighted by Gasteiger charge is -2.43. The van der Waals surface area contributed by atoms with Gasteiger partial charge in [-0.3, -0.25) is 0 Å². The first kappa shape index (κ1) is 31.3. The molecule has 0 radical (unpaired) electrons. The van der Waals surface area contributed by atoms with Crippen LogP contribution in [-0.4, -0.2) is 10.2 Å². The number of hydrogen-bond acceptors (Lipinski definition) is 2. The van der Waals surface area contributed by atoms with E-state index in [1.165, 1.54) is 22.3 Å². The van der Waals surface area contributed by atoms with Crippen LogP contribution in [0.15, 0.2) is 194 Å². The van der Waals surface area contributed by atoms with Crippen LogP contribution in [0.25, 0.3) is 44.5 Å². The van der Waals surface area contributed by atoms with Crippen LogP contribution in [0.4, 0.5) is 0 Å². The Balaban J connectivity index is 1.48. The fraction of sp³-hybridized carbons (Fsp3) is 0.0400. The largest absolute Gasteiger partial charge is 0.507 e. The Labute approximate surface area is 304 Å². The summed E-state index contributed by atoms with van der Waals surface area (Å²) in [5.74, 6) is 0.490. The van der Waals surface area contributed by atoms with Gasteiger partial charge in [-0.2, -0.15) is 0 Å². The smallest absolute Gasteiger partial charge is 0.131 e. The van der Waals surface area contributed by atoms with Gasteiger partial charge in [0.2, 0.25) is 0 Å². The second-order valence-corrected chi connectivity index (χ2v) is 13.5. The minimum absolute atomic E-state index is 0.245. The number of phenolic OH excluding ortho intramolecular Hbond substituents is 2. The Morgan fingerprint density at radius 3 is 0.904 bits per heavy atom. The van der Waals surface area contributed by atoms with Crippen molar-refractivity contribution in [3.05, 3.63) is 228 Å². The van der Waals surface area contributed by atoms with Gasteiger partial charge in [0, 0.05) is 22.3 Å². The SMILES string of the molecule is Oc1c(-c2ccccc2)cc(C2(c3cc(-c4ccccc4)c(O)c(-c4ccccc4)c3)c3ccccc3Cc3ccccc32)cc1-c1ccccc1. The van der Waals surface area contributed by atoms with Gasteiger partial charge in [0.25, 0.3) is 0 Å². The Hall–Kier alpha value is -6.64. The summed E-state index contributed by atoms with van der Waals surface area (Å²) in [6.07, 6.45) is 0.804. The molecule has 1 aliphatic rings. The average molecular weight is 669 g/mol. The highest BCUT2D eigenvalue weighted by Gasteiger charge is 2.45. The topological polar surface area (TPSA) is 40.5 Å². The number of hydrogen-bond donors (Lipinski definition) is 2. The quantitative estimate of drug-likeness (QED) is 0.185. The minimum atomic E-state index is -0.826. The number of fused-ring (bicyclic) bond motifs is 2. The van der Waals surface area contributed by atoms with Crippen molar-refractivity contribution in [2.24, 2.45) is 0 Å². The second kappa shape index (κ2) is 12.9. The van der Waals surface area contributed by atoms with Gasteiger partial charge in [-0.05, 0) is 86.3 Å². The predicted molar refractivity (Wildman–Crippen MR) is 213 cm³/mol. The molecule has 8 aromatic carbocycles. The van der Waals surface area contributed by atoms with Crippen LogP contribution in [0.2, 0.25) is 0 Å². The molecule has 9 rings (SSSR count). The molecular weight excluding hydrogens is 633 g/mol. The summed E-state index contributed by atoms with van der Waals surface area (Å²) >= 11 is 0. The molecule has 0 saturated carbocycles. The van der Waals surface area contributed by atoms with Gasteiger partial charge in [-0.1, -0.05) is 170 Å². The van der Waals surface area contributed by atoms with Gasteiger partial charge in [0.05, 0.1) is 5.41 Å². The summed E-state index contributed by atoms with van der Waals surface area (Å²) in [4.78, 5) is 0. The molecule has 0 atom stereocenters. The Morgan fingerprint density at radius 1 is 0.327 bits per heavy atom. The van der Waals surface area contributed by atoms with E-state index in [2.05, 4.69) is 121 Å². The summed E-state index contributed by atoms with van der Waals surface area (Å²) < 4.78 is 0. The lowest BCUT2D eigenvalue weighted by molar-refractivity contribution is 0.478. The Kier molecular flexibility index (Phi) is 7.79. The fourth-order valence-corrected chi connectivity index (χ4v) is 8.27. The van der Waals surface area contributed by atoms with E-state index in [1.54, 1.807) is 0 Å². The van der Waals surface area contributed by atoms with Crippen molar-refractivity contribution in [3.63, 3.8) is 0 Å². The molecule has 8 aromatic rings. The van der Waals surface area contributed by atoms with Gasteiger partial charge in [0.15, 0.2) is 0 Å². The molecule has 1 aliphatic carbocycles. The van der Waals surface area contributed by atoms with Crippen molar-refractivity contribution >= 4 is 0 Å². The summed E-state index contributed by atoms with van der Waals surface area (Å²) in [5, 5.41) is 24.3.